The van der Waals surface area contributed by atoms with Gasteiger partial charge >= 0.3 is 0 Å². The van der Waals surface area contributed by atoms with E-state index in [0.29, 0.717) is 17.6 Å². The summed E-state index contributed by atoms with van der Waals surface area (Å²) in [5, 5.41) is 13.7. The van der Waals surface area contributed by atoms with E-state index in [1.807, 2.05) is 0 Å². The van der Waals surface area contributed by atoms with Gasteiger partial charge in [-0.3, -0.25) is 19.7 Å². The highest BCUT2D eigenvalue weighted by atomic mass is 16.6. The molecule has 1 fully saturated rings. The smallest absolute Gasteiger partial charge is 0.270 e. The van der Waals surface area contributed by atoms with E-state index in [9.17, 15) is 19.7 Å². The number of nitro groups is 1. The van der Waals surface area contributed by atoms with Gasteiger partial charge in [-0.05, 0) is 43.1 Å². The second kappa shape index (κ2) is 8.97. The Labute approximate surface area is 159 Å². The molecule has 2 rings (SSSR count). The molecule has 1 aromatic carbocycles. The molecule has 1 aromatic rings. The molecule has 1 aliphatic carbocycles. The average Bonchev–Trinajstić information content (AvgIpc) is 2.66. The first-order valence-corrected chi connectivity index (χ1v) is 9.42. The molecule has 0 spiro atoms. The monoisotopic (exact) mass is 376 g/mol. The zero-order valence-electron chi connectivity index (χ0n) is 16.2. The maximum Gasteiger partial charge on any atom is 0.270 e. The van der Waals surface area contributed by atoms with Crippen molar-refractivity contribution in [2.45, 2.75) is 58.9 Å². The second-order valence-electron chi connectivity index (χ2n) is 7.84. The molecule has 1 aliphatic rings. The highest BCUT2D eigenvalue weighted by Gasteiger charge is 2.32. The first-order chi connectivity index (χ1) is 12.8. The van der Waals surface area contributed by atoms with Gasteiger partial charge < -0.3 is 10.1 Å². The molecule has 0 aliphatic heterocycles. The molecule has 1 N–H and O–H groups in total. The van der Waals surface area contributed by atoms with Crippen LogP contribution in [0.5, 0.6) is 5.75 Å². The number of non-ortho nitro benzene ring substituents is 1. The number of benzene rings is 1. The van der Waals surface area contributed by atoms with Gasteiger partial charge in [-0.2, -0.15) is 0 Å². The van der Waals surface area contributed by atoms with Crippen molar-refractivity contribution in [3.8, 4) is 5.75 Å². The summed E-state index contributed by atoms with van der Waals surface area (Å²) in [5.74, 6) is 0.602. The Kier molecular flexibility index (Phi) is 6.93. The molecule has 0 heterocycles. The van der Waals surface area contributed by atoms with Gasteiger partial charge in [0, 0.05) is 18.2 Å². The summed E-state index contributed by atoms with van der Waals surface area (Å²) in [5.41, 5.74) is 0.194. The SMILES string of the molecule is CCC(C)(C)C1CCC(NC(=O)COc2ccc([N+](=O)[O-])cc2C=O)CC1. The molecule has 0 bridgehead atoms. The minimum atomic E-state index is -0.584. The van der Waals surface area contributed by atoms with Gasteiger partial charge in [-0.15, -0.1) is 0 Å². The van der Waals surface area contributed by atoms with Crippen LogP contribution in [0.3, 0.4) is 0 Å². The number of aldehydes is 1. The molecular weight excluding hydrogens is 348 g/mol. The molecule has 148 valence electrons. The Balaban J connectivity index is 1.84. The average molecular weight is 376 g/mol. The number of hydrogen-bond acceptors (Lipinski definition) is 5. The minimum Gasteiger partial charge on any atom is -0.483 e. The number of nitrogens with zero attached hydrogens (tertiary/aromatic N) is 1. The van der Waals surface area contributed by atoms with Crippen molar-refractivity contribution < 1.29 is 19.2 Å². The van der Waals surface area contributed by atoms with Crippen LogP contribution >= 0.6 is 0 Å². The largest absolute Gasteiger partial charge is 0.483 e. The summed E-state index contributed by atoms with van der Waals surface area (Å²) in [7, 11) is 0. The molecule has 27 heavy (non-hydrogen) atoms. The molecule has 0 aromatic heterocycles. The van der Waals surface area contributed by atoms with Crippen molar-refractivity contribution in [3.05, 3.63) is 33.9 Å². The number of carbonyl (C=O) groups excluding carboxylic acids is 2. The molecule has 7 nitrogen and oxygen atoms in total. The Morgan fingerprint density at radius 1 is 1.33 bits per heavy atom. The molecule has 0 unspecified atom stereocenters. The number of nitrogens with one attached hydrogen (secondary N) is 1. The van der Waals surface area contributed by atoms with Gasteiger partial charge in [0.1, 0.15) is 5.75 Å². The lowest BCUT2D eigenvalue weighted by Gasteiger charge is -2.39. The predicted molar refractivity (Wildman–Crippen MR) is 102 cm³/mol. The Bertz CT molecular complexity index is 694. The van der Waals surface area contributed by atoms with Crippen LogP contribution in [0.15, 0.2) is 18.2 Å². The van der Waals surface area contributed by atoms with Crippen molar-refractivity contribution in [2.24, 2.45) is 11.3 Å². The lowest BCUT2D eigenvalue weighted by molar-refractivity contribution is -0.384. The quantitative estimate of drug-likeness (QED) is 0.421. The van der Waals surface area contributed by atoms with Crippen LogP contribution in [-0.2, 0) is 4.79 Å². The molecule has 1 amide bonds. The van der Waals surface area contributed by atoms with Crippen LogP contribution in [-0.4, -0.2) is 29.8 Å². The van der Waals surface area contributed by atoms with Crippen molar-refractivity contribution >= 4 is 17.9 Å². The number of amides is 1. The van der Waals surface area contributed by atoms with E-state index in [1.54, 1.807) is 0 Å². The summed E-state index contributed by atoms with van der Waals surface area (Å²) in [4.78, 5) is 33.4. The number of hydrogen-bond donors (Lipinski definition) is 1. The maximum atomic E-state index is 12.2. The molecule has 7 heteroatoms. The van der Waals surface area contributed by atoms with E-state index < -0.39 is 4.92 Å². The van der Waals surface area contributed by atoms with Gasteiger partial charge in [0.2, 0.25) is 0 Å². The third-order valence-corrected chi connectivity index (χ3v) is 5.80. The zero-order chi connectivity index (χ0) is 20.0. The van der Waals surface area contributed by atoms with Gasteiger partial charge in [0.25, 0.3) is 11.6 Å². The molecule has 0 saturated heterocycles. The third kappa shape index (κ3) is 5.52. The highest BCUT2D eigenvalue weighted by molar-refractivity contribution is 5.82. The van der Waals surface area contributed by atoms with Crippen molar-refractivity contribution in [1.82, 2.24) is 5.32 Å². The highest BCUT2D eigenvalue weighted by Crippen LogP contribution is 2.40. The molecule has 0 atom stereocenters. The van der Waals surface area contributed by atoms with Crippen LogP contribution in [0, 0.1) is 21.4 Å². The predicted octanol–water partition coefficient (Wildman–Crippen LogP) is 3.90. The molecular formula is C20H28N2O5. The lowest BCUT2D eigenvalue weighted by atomic mass is 9.69. The fourth-order valence-corrected chi connectivity index (χ4v) is 3.59. The Hall–Kier alpha value is -2.44. The standard InChI is InChI=1S/C20H28N2O5/c1-4-20(2,3)15-5-7-16(8-6-15)21-19(24)13-27-18-10-9-17(22(25)26)11-14(18)12-23/h9-12,15-16H,4-8,13H2,1-3H3,(H,21,24). The maximum absolute atomic E-state index is 12.2. The van der Waals surface area contributed by atoms with E-state index in [2.05, 4.69) is 26.1 Å². The topological polar surface area (TPSA) is 98.5 Å². The van der Waals surface area contributed by atoms with Gasteiger partial charge in [0.15, 0.2) is 12.9 Å². The van der Waals surface area contributed by atoms with Crippen LogP contribution in [0.4, 0.5) is 5.69 Å². The van der Waals surface area contributed by atoms with Crippen molar-refractivity contribution in [3.63, 3.8) is 0 Å². The fraction of sp³-hybridized carbons (Fsp3) is 0.600. The summed E-state index contributed by atoms with van der Waals surface area (Å²) in [6, 6.07) is 3.87. The van der Waals surface area contributed by atoms with E-state index in [-0.39, 0.29) is 35.6 Å². The lowest BCUT2D eigenvalue weighted by Crippen LogP contribution is -2.41. The van der Waals surface area contributed by atoms with Gasteiger partial charge in [0.05, 0.1) is 10.5 Å². The van der Waals surface area contributed by atoms with Crippen LogP contribution in [0.1, 0.15) is 63.2 Å². The Morgan fingerprint density at radius 2 is 2.00 bits per heavy atom. The van der Waals surface area contributed by atoms with Crippen molar-refractivity contribution in [2.75, 3.05) is 6.61 Å². The van der Waals surface area contributed by atoms with Crippen LogP contribution in [0.25, 0.3) is 0 Å². The molecule has 1 saturated carbocycles. The summed E-state index contributed by atoms with van der Waals surface area (Å²) in [6.45, 7) is 6.61. The number of rotatable bonds is 8. The van der Waals surface area contributed by atoms with E-state index in [0.717, 1.165) is 38.2 Å². The Morgan fingerprint density at radius 3 is 2.56 bits per heavy atom. The second-order valence-corrected chi connectivity index (χ2v) is 7.84. The number of ether oxygens (including phenoxy) is 1. The van der Waals surface area contributed by atoms with E-state index in [4.69, 9.17) is 4.74 Å². The van der Waals surface area contributed by atoms with E-state index in [1.165, 1.54) is 12.1 Å². The van der Waals surface area contributed by atoms with Crippen molar-refractivity contribution in [1.29, 1.82) is 0 Å². The number of carbonyl (C=O) groups is 2. The summed E-state index contributed by atoms with van der Waals surface area (Å²) in [6.07, 6.45) is 5.75. The van der Waals surface area contributed by atoms with E-state index >= 15 is 0 Å². The van der Waals surface area contributed by atoms with Gasteiger partial charge in [-0.25, -0.2) is 0 Å². The zero-order valence-corrected chi connectivity index (χ0v) is 16.2. The minimum absolute atomic E-state index is 0.0549. The van der Waals surface area contributed by atoms with Gasteiger partial charge in [-0.1, -0.05) is 27.2 Å². The molecule has 0 radical (unpaired) electrons. The fourth-order valence-electron chi connectivity index (χ4n) is 3.59. The normalized spacial score (nSPS) is 20.0. The first kappa shape index (κ1) is 20.9. The first-order valence-electron chi connectivity index (χ1n) is 9.42. The third-order valence-electron chi connectivity index (χ3n) is 5.80. The van der Waals surface area contributed by atoms with Crippen LogP contribution in [0.2, 0.25) is 0 Å². The summed E-state index contributed by atoms with van der Waals surface area (Å²) >= 11 is 0. The summed E-state index contributed by atoms with van der Waals surface area (Å²) < 4.78 is 5.39. The number of nitro benzene ring substituents is 1. The van der Waals surface area contributed by atoms with Crippen LogP contribution < -0.4 is 10.1 Å².